The minimum absolute atomic E-state index is 0.0247. The number of benzene rings is 3. The number of hydrogen-bond donors (Lipinski definition) is 3. The molecule has 0 fully saturated rings. The number of aliphatic hydroxyl groups is 2. The summed E-state index contributed by atoms with van der Waals surface area (Å²) in [5.74, 6) is -1.42. The van der Waals surface area contributed by atoms with Crippen LogP contribution in [0.15, 0.2) is 84.9 Å². The molecular weight excluding hydrogens is 657 g/mol. The summed E-state index contributed by atoms with van der Waals surface area (Å²) < 4.78 is 21.4. The Bertz CT molecular complexity index is 1710. The van der Waals surface area contributed by atoms with Gasteiger partial charge in [-0.1, -0.05) is 68.8 Å². The molecule has 1 aromatic heterocycles. The van der Waals surface area contributed by atoms with Crippen molar-refractivity contribution in [3.05, 3.63) is 112 Å². The Morgan fingerprint density at radius 3 is 2.12 bits per heavy atom. The molecule has 2 unspecified atom stereocenters. The van der Waals surface area contributed by atoms with E-state index in [9.17, 15) is 34.3 Å². The molecule has 0 saturated carbocycles. The number of carbonyl (C=O) groups excluding carboxylic acids is 2. The molecule has 51 heavy (non-hydrogen) atoms. The highest BCUT2D eigenvalue weighted by Crippen LogP contribution is 2.42. The van der Waals surface area contributed by atoms with E-state index in [1.54, 1.807) is 12.1 Å². The van der Waals surface area contributed by atoms with E-state index >= 15 is 0 Å². The van der Waals surface area contributed by atoms with Crippen LogP contribution in [0.25, 0.3) is 22.4 Å². The van der Waals surface area contributed by atoms with E-state index in [0.29, 0.717) is 53.8 Å². The van der Waals surface area contributed by atoms with Crippen LogP contribution >= 0.6 is 0 Å². The minimum Gasteiger partial charge on any atom is -0.466 e. The predicted octanol–water partition coefficient (Wildman–Crippen LogP) is 7.54. The van der Waals surface area contributed by atoms with E-state index in [1.165, 1.54) is 12.1 Å². The number of aliphatic hydroxyl groups excluding tert-OH is 2. The van der Waals surface area contributed by atoms with Gasteiger partial charge in [-0.3, -0.25) is 9.59 Å². The summed E-state index contributed by atoms with van der Waals surface area (Å²) in [5.41, 5.74) is 4.72. The molecule has 11 nitrogen and oxygen atoms in total. The van der Waals surface area contributed by atoms with Gasteiger partial charge >= 0.3 is 5.97 Å². The van der Waals surface area contributed by atoms with Crippen molar-refractivity contribution < 1.29 is 38.9 Å². The average molecular weight is 704 g/mol. The fraction of sp³-hybridized carbons (Fsp3) is 0.385. The molecule has 12 heteroatoms. The number of para-hydroxylation sites is 1. The molecule has 4 aromatic rings. The number of carbonyl (C=O) groups is 2. The van der Waals surface area contributed by atoms with Gasteiger partial charge in [0.2, 0.25) is 0 Å². The summed E-state index contributed by atoms with van der Waals surface area (Å²) >= 11 is 0. The van der Waals surface area contributed by atoms with Gasteiger partial charge in [0.05, 0.1) is 43.1 Å². The quantitative estimate of drug-likeness (QED) is 0.0369. The Morgan fingerprint density at radius 2 is 1.49 bits per heavy atom. The molecule has 0 spiro atoms. The smallest absolute Gasteiger partial charge is 0.308 e. The lowest BCUT2D eigenvalue weighted by Crippen LogP contribution is -2.23. The fourth-order valence-corrected chi connectivity index (χ4v) is 6.14. The zero-order valence-electron chi connectivity index (χ0n) is 29.0. The zero-order valence-corrected chi connectivity index (χ0v) is 29.0. The number of ether oxygens (including phenoxy) is 1. The topological polar surface area (TPSA) is 153 Å². The van der Waals surface area contributed by atoms with Crippen LogP contribution in [-0.4, -0.2) is 57.2 Å². The maximum absolute atomic E-state index is 14.2. The normalized spacial score (nSPS) is 12.4. The Balaban J connectivity index is 1.53. The Hall–Kier alpha value is -5.07. The lowest BCUT2D eigenvalue weighted by molar-refractivity contribution is -0.757. The Labute approximate surface area is 297 Å². The number of aromatic nitrogens is 1. The van der Waals surface area contributed by atoms with Gasteiger partial charge in [-0.25, -0.2) is 4.39 Å². The maximum Gasteiger partial charge on any atom is 0.308 e. The first-order valence-electron chi connectivity index (χ1n) is 17.3. The van der Waals surface area contributed by atoms with E-state index in [4.69, 9.17) is 4.74 Å². The molecule has 0 aliphatic rings. The van der Waals surface area contributed by atoms with E-state index in [1.807, 2.05) is 79.1 Å². The summed E-state index contributed by atoms with van der Waals surface area (Å²) in [7, 11) is 0. The molecule has 0 saturated heterocycles. The molecule has 3 N–H and O–H groups in total. The first-order valence-corrected chi connectivity index (χ1v) is 17.3. The summed E-state index contributed by atoms with van der Waals surface area (Å²) in [4.78, 5) is 41.0. The molecule has 0 bridgehead atoms. The molecule has 1 amide bonds. The van der Waals surface area contributed by atoms with Gasteiger partial charge in [-0.05, 0) is 85.5 Å². The average Bonchev–Trinajstić information content (AvgIpc) is 3.45. The van der Waals surface area contributed by atoms with Gasteiger partial charge < -0.3 is 29.7 Å². The van der Waals surface area contributed by atoms with Crippen molar-refractivity contribution in [2.24, 2.45) is 0 Å². The van der Waals surface area contributed by atoms with E-state index in [0.717, 1.165) is 11.3 Å². The van der Waals surface area contributed by atoms with Gasteiger partial charge in [-0.15, -0.1) is 10.1 Å². The third-order valence-corrected chi connectivity index (χ3v) is 8.42. The molecular formula is C39H46FN3O8. The molecule has 3 aromatic carbocycles. The van der Waals surface area contributed by atoms with Crippen LogP contribution in [0.1, 0.15) is 80.8 Å². The van der Waals surface area contributed by atoms with Crippen molar-refractivity contribution in [3.8, 4) is 22.4 Å². The number of unbranched alkanes of at least 4 members (excludes halogenated alkanes) is 3. The van der Waals surface area contributed by atoms with Gasteiger partial charge in [0.1, 0.15) is 5.82 Å². The molecule has 0 aliphatic carbocycles. The maximum atomic E-state index is 14.2. The summed E-state index contributed by atoms with van der Waals surface area (Å²) in [5, 5.41) is 34.1. The zero-order chi connectivity index (χ0) is 36.8. The molecule has 2 atom stereocenters. The Kier molecular flexibility index (Phi) is 14.7. The standard InChI is InChI=1S/C39H46FN3O8/c1-27(2)37-36(39(47)41-31-15-9-6-10-16-31)35(28-13-7-5-8-14-28)38(29-17-19-30(40)20-18-29)42(37)22-21-32(44)25-33(45)26-34(46)50-23-11-3-4-12-24-51-43(48)49/h5-10,13-20,27,32-33,44-45H,3-4,11-12,21-26H2,1-2H3,(H,41,47). The third kappa shape index (κ3) is 11.5. The van der Waals surface area contributed by atoms with Crippen LogP contribution in [0.4, 0.5) is 10.1 Å². The number of amides is 1. The Morgan fingerprint density at radius 1 is 0.863 bits per heavy atom. The van der Waals surface area contributed by atoms with Gasteiger partial charge in [-0.2, -0.15) is 0 Å². The molecule has 272 valence electrons. The number of anilines is 1. The predicted molar refractivity (Wildman–Crippen MR) is 192 cm³/mol. The van der Waals surface area contributed by atoms with Gasteiger partial charge in [0, 0.05) is 23.5 Å². The highest BCUT2D eigenvalue weighted by Gasteiger charge is 2.31. The van der Waals surface area contributed by atoms with Crippen LogP contribution in [0.3, 0.4) is 0 Å². The van der Waals surface area contributed by atoms with Gasteiger partial charge in [0.15, 0.2) is 0 Å². The van der Waals surface area contributed by atoms with E-state index < -0.39 is 29.1 Å². The molecule has 1 heterocycles. The molecule has 0 aliphatic heterocycles. The largest absolute Gasteiger partial charge is 0.466 e. The van der Waals surface area contributed by atoms with E-state index in [2.05, 4.69) is 10.2 Å². The van der Waals surface area contributed by atoms with Crippen LogP contribution in [-0.2, 0) is 20.9 Å². The minimum atomic E-state index is -1.13. The van der Waals surface area contributed by atoms with Crippen molar-refractivity contribution in [2.75, 3.05) is 18.5 Å². The lowest BCUT2D eigenvalue weighted by atomic mass is 9.94. The summed E-state index contributed by atoms with van der Waals surface area (Å²) in [6, 6.07) is 24.8. The number of rotatable bonds is 20. The number of nitrogens with zero attached hydrogens (tertiary/aromatic N) is 2. The number of halogens is 1. The van der Waals surface area contributed by atoms with Crippen molar-refractivity contribution in [1.82, 2.24) is 4.57 Å². The van der Waals surface area contributed by atoms with Crippen LogP contribution in [0, 0.1) is 15.9 Å². The lowest BCUT2D eigenvalue weighted by Gasteiger charge is -2.20. The van der Waals surface area contributed by atoms with Crippen LogP contribution < -0.4 is 5.32 Å². The van der Waals surface area contributed by atoms with Crippen molar-refractivity contribution in [3.63, 3.8) is 0 Å². The summed E-state index contributed by atoms with van der Waals surface area (Å²) in [6.07, 6.45) is 0.218. The number of esters is 1. The van der Waals surface area contributed by atoms with Crippen molar-refractivity contribution >= 4 is 17.6 Å². The first-order chi connectivity index (χ1) is 24.5. The number of nitrogens with one attached hydrogen (secondary N) is 1. The first kappa shape index (κ1) is 38.7. The van der Waals surface area contributed by atoms with Crippen molar-refractivity contribution in [2.45, 2.75) is 83.5 Å². The second-order valence-electron chi connectivity index (χ2n) is 12.7. The highest BCUT2D eigenvalue weighted by molar-refractivity contribution is 6.12. The van der Waals surface area contributed by atoms with Crippen LogP contribution in [0.2, 0.25) is 0 Å². The van der Waals surface area contributed by atoms with Crippen LogP contribution in [0.5, 0.6) is 0 Å². The monoisotopic (exact) mass is 703 g/mol. The highest BCUT2D eigenvalue weighted by atomic mass is 19.1. The summed E-state index contributed by atoms with van der Waals surface area (Å²) in [6.45, 7) is 4.43. The fourth-order valence-electron chi connectivity index (χ4n) is 6.14. The third-order valence-electron chi connectivity index (χ3n) is 8.42. The second kappa shape index (κ2) is 19.4. The van der Waals surface area contributed by atoms with Crippen molar-refractivity contribution in [1.29, 1.82) is 0 Å². The number of hydrogen-bond acceptors (Lipinski definition) is 8. The molecule has 0 radical (unpaired) electrons. The molecule has 4 rings (SSSR count). The second-order valence-corrected chi connectivity index (χ2v) is 12.7. The van der Waals surface area contributed by atoms with E-state index in [-0.39, 0.29) is 50.8 Å². The SMILES string of the molecule is CC(C)c1c(C(=O)Nc2ccccc2)c(-c2ccccc2)c(-c2ccc(F)cc2)n1CCC(O)CC(O)CC(=O)OCCCCCCO[N+](=O)[O-]. The van der Waals surface area contributed by atoms with Gasteiger partial charge in [0.25, 0.3) is 11.0 Å².